The topological polar surface area (TPSA) is 96.3 Å². The molecule has 2 aliphatic carbocycles. The Bertz CT molecular complexity index is 1760. The zero-order valence-electron chi connectivity index (χ0n) is 23.8. The number of carbonyl (C=O) groups is 1. The lowest BCUT2D eigenvalue weighted by Gasteiger charge is -2.35. The first-order chi connectivity index (χ1) is 21.4. The largest absolute Gasteiger partial charge is 0.346 e. The van der Waals surface area contributed by atoms with Gasteiger partial charge in [0.15, 0.2) is 5.65 Å². The lowest BCUT2D eigenvalue weighted by Crippen LogP contribution is -2.53. The number of pyridine rings is 2. The summed E-state index contributed by atoms with van der Waals surface area (Å²) in [6, 6.07) is 2.37. The molecule has 3 aliphatic rings. The van der Waals surface area contributed by atoms with Crippen LogP contribution in [0.1, 0.15) is 31.5 Å². The Labute approximate surface area is 253 Å². The Morgan fingerprint density at radius 3 is 2.71 bits per heavy atom. The van der Waals surface area contributed by atoms with Crippen LogP contribution in [-0.2, 0) is 4.79 Å². The summed E-state index contributed by atoms with van der Waals surface area (Å²) in [6.07, 6.45) is 4.51. The standard InChI is InChI=1S/C31H27F6N7O/c1-16(10-18(33)5-6-32)11-22(25-19(4-3-7-39-25)17-12-23-28(41-14-17)40-9-8-38-23)42-24(45)15-44-29-30(2,26(43-44)27(34)35)20-13-21(20)31(29,36)37/h3-10,12,14,20-22,27,29H,1,11,13,15H2,2H3,(H,42,45)/b6-5+,18-10+/t20?,21?,22-,29?,30?/m0/s1. The maximum Gasteiger partial charge on any atom is 0.278 e. The quantitative estimate of drug-likeness (QED) is 0.215. The van der Waals surface area contributed by atoms with Gasteiger partial charge in [-0.25, -0.2) is 36.3 Å². The molecular formula is C31H27F6N7O. The van der Waals surface area contributed by atoms with Crippen LogP contribution in [-0.4, -0.2) is 61.5 Å². The van der Waals surface area contributed by atoms with E-state index in [-0.39, 0.29) is 24.7 Å². The minimum absolute atomic E-state index is 0.0194. The number of fused-ring (bicyclic) bond motifs is 4. The van der Waals surface area contributed by atoms with Crippen LogP contribution in [0.3, 0.4) is 0 Å². The summed E-state index contributed by atoms with van der Waals surface area (Å²) in [5.41, 5.74) is 0.180. The zero-order chi connectivity index (χ0) is 32.1. The number of hydrazone groups is 1. The molecule has 0 radical (unpaired) electrons. The summed E-state index contributed by atoms with van der Waals surface area (Å²) >= 11 is 0. The van der Waals surface area contributed by atoms with Crippen molar-refractivity contribution in [3.05, 3.63) is 85.1 Å². The van der Waals surface area contributed by atoms with E-state index in [4.69, 9.17) is 0 Å². The molecule has 234 valence electrons. The molecule has 1 aliphatic heterocycles. The number of aromatic nitrogens is 4. The van der Waals surface area contributed by atoms with Gasteiger partial charge in [-0.3, -0.25) is 19.8 Å². The van der Waals surface area contributed by atoms with E-state index in [0.29, 0.717) is 34.1 Å². The van der Waals surface area contributed by atoms with Gasteiger partial charge in [-0.2, -0.15) is 5.10 Å². The molecule has 4 heterocycles. The highest BCUT2D eigenvalue weighted by Crippen LogP contribution is 2.71. The van der Waals surface area contributed by atoms with E-state index in [0.717, 1.165) is 11.1 Å². The monoisotopic (exact) mass is 627 g/mol. The van der Waals surface area contributed by atoms with E-state index >= 15 is 8.78 Å². The number of allylic oxidation sites excluding steroid dienone is 3. The van der Waals surface area contributed by atoms with E-state index in [1.165, 1.54) is 31.7 Å². The van der Waals surface area contributed by atoms with E-state index in [1.807, 2.05) is 0 Å². The third-order valence-corrected chi connectivity index (χ3v) is 8.76. The molecule has 1 amide bonds. The van der Waals surface area contributed by atoms with Crippen molar-refractivity contribution in [1.29, 1.82) is 0 Å². The molecule has 2 saturated carbocycles. The van der Waals surface area contributed by atoms with Crippen LogP contribution < -0.4 is 5.32 Å². The fraction of sp³-hybridized carbons (Fsp3) is 0.355. The SMILES string of the molecule is C=C(/C=C(F)\C=C\F)C[C@H](NC(=O)CN1N=C(C(F)F)C2(C)C3CC3C(F)(F)C12)c1ncccc1-c1cnc2nccnc2c1. The van der Waals surface area contributed by atoms with E-state index in [2.05, 4.69) is 36.9 Å². The second kappa shape index (κ2) is 11.4. The molecule has 5 atom stereocenters. The zero-order valence-corrected chi connectivity index (χ0v) is 23.8. The Kier molecular flexibility index (Phi) is 7.69. The van der Waals surface area contributed by atoms with Gasteiger partial charge < -0.3 is 5.32 Å². The van der Waals surface area contributed by atoms with Crippen molar-refractivity contribution < 1.29 is 31.1 Å². The molecule has 0 bridgehead atoms. The maximum atomic E-state index is 15.3. The summed E-state index contributed by atoms with van der Waals surface area (Å²) in [5, 5.41) is 7.36. The summed E-state index contributed by atoms with van der Waals surface area (Å²) in [6.45, 7) is 4.44. The first-order valence-corrected chi connectivity index (χ1v) is 14.1. The number of nitrogens with zero attached hydrogens (tertiary/aromatic N) is 6. The van der Waals surface area contributed by atoms with Crippen molar-refractivity contribution in [3.63, 3.8) is 0 Å². The first-order valence-electron chi connectivity index (χ1n) is 14.1. The van der Waals surface area contributed by atoms with E-state index in [1.54, 1.807) is 18.2 Å². The fourth-order valence-corrected chi connectivity index (χ4v) is 6.81. The lowest BCUT2D eigenvalue weighted by molar-refractivity contribution is -0.128. The summed E-state index contributed by atoms with van der Waals surface area (Å²) in [5.74, 6) is -6.75. The van der Waals surface area contributed by atoms with Crippen molar-refractivity contribution in [3.8, 4) is 11.1 Å². The number of hydrogen-bond acceptors (Lipinski definition) is 7. The molecule has 0 spiro atoms. The second-order valence-electron chi connectivity index (χ2n) is 11.6. The van der Waals surface area contributed by atoms with Gasteiger partial charge in [-0.15, -0.1) is 0 Å². The van der Waals surface area contributed by atoms with Crippen molar-refractivity contribution in [2.45, 2.75) is 44.2 Å². The molecule has 14 heteroatoms. The Morgan fingerprint density at radius 2 is 1.96 bits per heavy atom. The molecule has 1 N–H and O–H groups in total. The van der Waals surface area contributed by atoms with Crippen molar-refractivity contribution in [1.82, 2.24) is 30.3 Å². The summed E-state index contributed by atoms with van der Waals surface area (Å²) in [7, 11) is 0. The van der Waals surface area contributed by atoms with Crippen LogP contribution in [0.4, 0.5) is 26.3 Å². The Hall–Kier alpha value is -4.62. The number of nitrogens with one attached hydrogen (secondary N) is 1. The molecule has 3 aromatic rings. The predicted octanol–water partition coefficient (Wildman–Crippen LogP) is 6.12. The Morgan fingerprint density at radius 1 is 1.18 bits per heavy atom. The van der Waals surface area contributed by atoms with Gasteiger partial charge in [0.05, 0.1) is 18.1 Å². The molecular weight excluding hydrogens is 600 g/mol. The van der Waals surface area contributed by atoms with Gasteiger partial charge >= 0.3 is 0 Å². The number of halogens is 6. The van der Waals surface area contributed by atoms with Crippen LogP contribution in [0, 0.1) is 17.3 Å². The van der Waals surface area contributed by atoms with Gasteiger partial charge in [0.2, 0.25) is 5.91 Å². The fourth-order valence-electron chi connectivity index (χ4n) is 6.81. The molecule has 6 rings (SSSR count). The van der Waals surface area contributed by atoms with Crippen molar-refractivity contribution in [2.75, 3.05) is 6.54 Å². The highest BCUT2D eigenvalue weighted by molar-refractivity contribution is 5.96. The van der Waals surface area contributed by atoms with Gasteiger partial charge in [0.25, 0.3) is 12.3 Å². The van der Waals surface area contributed by atoms with Crippen LogP contribution in [0.5, 0.6) is 0 Å². The smallest absolute Gasteiger partial charge is 0.278 e. The lowest BCUT2D eigenvalue weighted by atomic mass is 9.76. The number of carbonyl (C=O) groups excluding carboxylic acids is 1. The normalized spacial score (nSPS) is 25.8. The van der Waals surface area contributed by atoms with Gasteiger partial charge in [-0.05, 0) is 42.5 Å². The second-order valence-corrected chi connectivity index (χ2v) is 11.6. The number of alkyl halides is 4. The van der Waals surface area contributed by atoms with Gasteiger partial charge in [0.1, 0.15) is 29.6 Å². The number of hydrogen-bond donors (Lipinski definition) is 1. The average Bonchev–Trinajstić information content (AvgIpc) is 3.73. The minimum atomic E-state index is -3.32. The maximum absolute atomic E-state index is 15.3. The minimum Gasteiger partial charge on any atom is -0.346 e. The molecule has 3 aromatic heterocycles. The third kappa shape index (κ3) is 5.35. The molecule has 0 aromatic carbocycles. The highest BCUT2D eigenvalue weighted by atomic mass is 19.3. The van der Waals surface area contributed by atoms with Crippen LogP contribution >= 0.6 is 0 Å². The molecule has 0 saturated heterocycles. The molecule has 45 heavy (non-hydrogen) atoms. The van der Waals surface area contributed by atoms with Gasteiger partial charge in [0, 0.05) is 53.3 Å². The van der Waals surface area contributed by atoms with Crippen LogP contribution in [0.25, 0.3) is 22.3 Å². The van der Waals surface area contributed by atoms with Crippen molar-refractivity contribution >= 4 is 22.8 Å². The molecule has 4 unspecified atom stereocenters. The average molecular weight is 628 g/mol. The first kappa shape index (κ1) is 30.4. The highest BCUT2D eigenvalue weighted by Gasteiger charge is 2.80. The summed E-state index contributed by atoms with van der Waals surface area (Å²) < 4.78 is 85.4. The van der Waals surface area contributed by atoms with Crippen LogP contribution in [0.15, 0.2) is 84.5 Å². The molecule has 8 nitrogen and oxygen atoms in total. The van der Waals surface area contributed by atoms with E-state index < -0.39 is 65.7 Å². The van der Waals surface area contributed by atoms with E-state index in [9.17, 15) is 22.4 Å². The van der Waals surface area contributed by atoms with Gasteiger partial charge in [-0.1, -0.05) is 19.6 Å². The number of rotatable bonds is 10. The number of amides is 1. The summed E-state index contributed by atoms with van der Waals surface area (Å²) in [4.78, 5) is 30.7. The predicted molar refractivity (Wildman–Crippen MR) is 153 cm³/mol. The Balaban J connectivity index is 1.32. The van der Waals surface area contributed by atoms with Crippen LogP contribution in [0.2, 0.25) is 0 Å². The third-order valence-electron chi connectivity index (χ3n) is 8.76. The molecule has 2 fully saturated rings. The van der Waals surface area contributed by atoms with Crippen molar-refractivity contribution in [2.24, 2.45) is 22.4 Å².